The van der Waals surface area contributed by atoms with Crippen LogP contribution < -0.4 is 0 Å². The molecule has 0 aromatic carbocycles. The predicted molar refractivity (Wildman–Crippen MR) is 63.6 cm³/mol. The Morgan fingerprint density at radius 2 is 1.82 bits per heavy atom. The minimum Gasteiger partial charge on any atom is -0.480 e. The molecule has 2 aliphatic heterocycles. The number of hydrogen-bond acceptors (Lipinski definition) is 4. The van der Waals surface area contributed by atoms with E-state index in [0.29, 0.717) is 12.8 Å². The van der Waals surface area contributed by atoms with Crippen molar-refractivity contribution in [1.29, 1.82) is 0 Å². The molecular weight excluding hydrogens is 242 g/mol. The Kier molecular flexibility index (Phi) is 3.45. The topological polar surface area (TPSA) is 74.7 Å². The van der Waals surface area contributed by atoms with Crippen molar-refractivity contribution in [3.05, 3.63) is 0 Å². The van der Waals surface area contributed by atoms with Gasteiger partial charge in [-0.15, -0.1) is 0 Å². The maximum absolute atomic E-state index is 11.4. The van der Waals surface area contributed by atoms with Crippen LogP contribution in [0, 0.1) is 5.92 Å². The van der Waals surface area contributed by atoms with E-state index in [2.05, 4.69) is 0 Å². The van der Waals surface area contributed by atoms with Crippen molar-refractivity contribution in [3.63, 3.8) is 0 Å². The molecule has 17 heavy (non-hydrogen) atoms. The van der Waals surface area contributed by atoms with Gasteiger partial charge in [0.2, 0.25) is 0 Å². The lowest BCUT2D eigenvalue weighted by molar-refractivity contribution is -0.144. The molecule has 98 valence electrons. The van der Waals surface area contributed by atoms with Gasteiger partial charge in [-0.3, -0.25) is 9.69 Å². The predicted octanol–water partition coefficient (Wildman–Crippen LogP) is 0.359. The lowest BCUT2D eigenvalue weighted by atomic mass is 10.0. The van der Waals surface area contributed by atoms with Crippen LogP contribution in [0.3, 0.4) is 0 Å². The van der Waals surface area contributed by atoms with Crippen LogP contribution in [0.4, 0.5) is 0 Å². The summed E-state index contributed by atoms with van der Waals surface area (Å²) >= 11 is 0. The van der Waals surface area contributed by atoms with Crippen LogP contribution in [-0.4, -0.2) is 54.5 Å². The van der Waals surface area contributed by atoms with E-state index < -0.39 is 21.8 Å². The van der Waals surface area contributed by atoms with Crippen LogP contribution >= 0.6 is 0 Å². The third-order valence-electron chi connectivity index (χ3n) is 3.99. The SMILES string of the molecule is CC1CCN(C2CCS(=O)(=O)CC2)C1C(=O)O. The molecule has 2 fully saturated rings. The van der Waals surface area contributed by atoms with Gasteiger partial charge >= 0.3 is 5.97 Å². The summed E-state index contributed by atoms with van der Waals surface area (Å²) in [6.07, 6.45) is 2.05. The first-order chi connectivity index (χ1) is 7.91. The smallest absolute Gasteiger partial charge is 0.321 e. The van der Waals surface area contributed by atoms with Crippen LogP contribution in [0.2, 0.25) is 0 Å². The van der Waals surface area contributed by atoms with Gasteiger partial charge in [0, 0.05) is 6.04 Å². The second-order valence-electron chi connectivity index (χ2n) is 5.17. The Morgan fingerprint density at radius 1 is 1.24 bits per heavy atom. The molecule has 0 aromatic heterocycles. The molecule has 2 unspecified atom stereocenters. The summed E-state index contributed by atoms with van der Waals surface area (Å²) in [6.45, 7) is 2.74. The highest BCUT2D eigenvalue weighted by atomic mass is 32.2. The number of nitrogens with zero attached hydrogens (tertiary/aromatic N) is 1. The number of carboxylic acids is 1. The Labute approximate surface area is 102 Å². The van der Waals surface area contributed by atoms with Crippen molar-refractivity contribution in [1.82, 2.24) is 4.90 Å². The molecule has 0 radical (unpaired) electrons. The summed E-state index contributed by atoms with van der Waals surface area (Å²) in [7, 11) is -2.87. The molecule has 0 saturated carbocycles. The summed E-state index contributed by atoms with van der Waals surface area (Å²) in [6, 6.07) is -0.301. The molecule has 2 aliphatic rings. The fourth-order valence-corrected chi connectivity index (χ4v) is 4.45. The molecule has 2 saturated heterocycles. The Balaban J connectivity index is 2.06. The van der Waals surface area contributed by atoms with Gasteiger partial charge in [0.25, 0.3) is 0 Å². The molecule has 0 aliphatic carbocycles. The number of likely N-dealkylation sites (tertiary alicyclic amines) is 1. The zero-order valence-electron chi connectivity index (χ0n) is 10.0. The quantitative estimate of drug-likeness (QED) is 0.777. The summed E-state index contributed by atoms with van der Waals surface area (Å²) in [4.78, 5) is 13.2. The fraction of sp³-hybridized carbons (Fsp3) is 0.909. The average molecular weight is 261 g/mol. The van der Waals surface area contributed by atoms with E-state index in [1.807, 2.05) is 11.8 Å². The van der Waals surface area contributed by atoms with Crippen LogP contribution in [-0.2, 0) is 14.6 Å². The number of carbonyl (C=O) groups is 1. The first-order valence-electron chi connectivity index (χ1n) is 6.10. The van der Waals surface area contributed by atoms with E-state index in [1.54, 1.807) is 0 Å². The van der Waals surface area contributed by atoms with Crippen molar-refractivity contribution in [2.24, 2.45) is 5.92 Å². The van der Waals surface area contributed by atoms with E-state index in [1.165, 1.54) is 0 Å². The molecule has 6 heteroatoms. The molecule has 2 rings (SSSR count). The molecule has 0 bridgehead atoms. The Bertz CT molecular complexity index is 392. The van der Waals surface area contributed by atoms with Gasteiger partial charge in [0.05, 0.1) is 11.5 Å². The first kappa shape index (κ1) is 12.8. The Morgan fingerprint density at radius 3 is 2.35 bits per heavy atom. The summed E-state index contributed by atoms with van der Waals surface area (Å²) < 4.78 is 22.7. The highest BCUT2D eigenvalue weighted by Gasteiger charge is 2.41. The molecule has 2 atom stereocenters. The van der Waals surface area contributed by atoms with E-state index in [4.69, 9.17) is 0 Å². The van der Waals surface area contributed by atoms with Gasteiger partial charge in [-0.25, -0.2) is 8.42 Å². The fourth-order valence-electron chi connectivity index (χ4n) is 2.98. The largest absolute Gasteiger partial charge is 0.480 e. The van der Waals surface area contributed by atoms with Crippen LogP contribution in [0.25, 0.3) is 0 Å². The first-order valence-corrected chi connectivity index (χ1v) is 7.92. The van der Waals surface area contributed by atoms with Crippen LogP contribution in [0.15, 0.2) is 0 Å². The lowest BCUT2D eigenvalue weighted by Crippen LogP contribution is -2.48. The van der Waals surface area contributed by atoms with Crippen molar-refractivity contribution in [2.75, 3.05) is 18.1 Å². The van der Waals surface area contributed by atoms with Crippen molar-refractivity contribution in [2.45, 2.75) is 38.3 Å². The van der Waals surface area contributed by atoms with E-state index in [9.17, 15) is 18.3 Å². The zero-order valence-corrected chi connectivity index (χ0v) is 10.8. The molecule has 0 spiro atoms. The minimum atomic E-state index is -2.87. The van der Waals surface area contributed by atoms with Crippen molar-refractivity contribution < 1.29 is 18.3 Å². The number of hydrogen-bond donors (Lipinski definition) is 1. The van der Waals surface area contributed by atoms with Gasteiger partial charge in [-0.05, 0) is 31.7 Å². The van der Waals surface area contributed by atoms with Crippen LogP contribution in [0.5, 0.6) is 0 Å². The van der Waals surface area contributed by atoms with Gasteiger partial charge in [-0.1, -0.05) is 6.92 Å². The highest BCUT2D eigenvalue weighted by molar-refractivity contribution is 7.91. The third kappa shape index (κ3) is 2.63. The normalized spacial score (nSPS) is 34.9. The maximum atomic E-state index is 11.4. The maximum Gasteiger partial charge on any atom is 0.321 e. The Hall–Kier alpha value is -0.620. The number of rotatable bonds is 2. The number of aliphatic carboxylic acids is 1. The van der Waals surface area contributed by atoms with Gasteiger partial charge in [0.1, 0.15) is 15.9 Å². The van der Waals surface area contributed by atoms with E-state index in [0.717, 1.165) is 13.0 Å². The van der Waals surface area contributed by atoms with E-state index >= 15 is 0 Å². The molecule has 0 amide bonds. The van der Waals surface area contributed by atoms with Crippen molar-refractivity contribution >= 4 is 15.8 Å². The van der Waals surface area contributed by atoms with Gasteiger partial charge < -0.3 is 5.11 Å². The highest BCUT2D eigenvalue weighted by Crippen LogP contribution is 2.30. The minimum absolute atomic E-state index is 0.129. The molecule has 5 nitrogen and oxygen atoms in total. The number of carboxylic acid groups (broad SMARTS) is 1. The third-order valence-corrected chi connectivity index (χ3v) is 5.70. The average Bonchev–Trinajstić information content (AvgIpc) is 2.60. The molecule has 0 aromatic rings. The summed E-state index contributed by atoms with van der Waals surface area (Å²) in [5.41, 5.74) is 0. The van der Waals surface area contributed by atoms with Crippen molar-refractivity contribution in [3.8, 4) is 0 Å². The van der Waals surface area contributed by atoms with E-state index in [-0.39, 0.29) is 23.5 Å². The summed E-state index contributed by atoms with van der Waals surface area (Å²) in [5.74, 6) is -0.210. The van der Waals surface area contributed by atoms with Crippen LogP contribution in [0.1, 0.15) is 26.2 Å². The number of sulfone groups is 1. The second kappa shape index (κ2) is 4.57. The monoisotopic (exact) mass is 261 g/mol. The van der Waals surface area contributed by atoms with Gasteiger partial charge in [0.15, 0.2) is 0 Å². The standard InChI is InChI=1S/C11H19NO4S/c1-8-2-5-12(10(8)11(13)14)9-3-6-17(15,16)7-4-9/h8-10H,2-7H2,1H3,(H,13,14). The molecule has 2 heterocycles. The zero-order chi connectivity index (χ0) is 12.6. The van der Waals surface area contributed by atoms with Gasteiger partial charge in [-0.2, -0.15) is 0 Å². The lowest BCUT2D eigenvalue weighted by Gasteiger charge is -2.34. The second-order valence-corrected chi connectivity index (χ2v) is 7.47. The molecule has 1 N–H and O–H groups in total. The molecular formula is C11H19NO4S. The summed E-state index contributed by atoms with van der Waals surface area (Å²) in [5, 5.41) is 9.23.